The molecule has 0 atom stereocenters. The molecular weight excluding hydrogens is 234 g/mol. The molecule has 1 aromatic carbocycles. The van der Waals surface area contributed by atoms with Gasteiger partial charge in [-0.15, -0.1) is 0 Å². The number of oxazole rings is 1. The highest BCUT2D eigenvalue weighted by Crippen LogP contribution is 2.27. The van der Waals surface area contributed by atoms with Gasteiger partial charge in [0.15, 0.2) is 11.1 Å². The first-order chi connectivity index (χ1) is 8.58. The summed E-state index contributed by atoms with van der Waals surface area (Å²) in [6.07, 6.45) is 0.987. The van der Waals surface area contributed by atoms with Gasteiger partial charge in [0.05, 0.1) is 4.92 Å². The molecule has 1 aromatic heterocycles. The average Bonchev–Trinajstić information content (AvgIpc) is 2.70. The van der Waals surface area contributed by atoms with E-state index in [2.05, 4.69) is 24.1 Å². The van der Waals surface area contributed by atoms with E-state index >= 15 is 0 Å². The largest absolute Gasteiger partial charge is 0.423 e. The number of fused-ring (bicyclic) bond motifs is 1. The van der Waals surface area contributed by atoms with Crippen molar-refractivity contribution in [2.45, 2.75) is 20.3 Å². The summed E-state index contributed by atoms with van der Waals surface area (Å²) >= 11 is 0. The van der Waals surface area contributed by atoms with E-state index in [0.29, 0.717) is 17.5 Å². The van der Waals surface area contributed by atoms with E-state index in [-0.39, 0.29) is 11.2 Å². The van der Waals surface area contributed by atoms with Crippen molar-refractivity contribution in [3.63, 3.8) is 0 Å². The number of nitro groups is 1. The summed E-state index contributed by atoms with van der Waals surface area (Å²) < 4.78 is 5.41. The summed E-state index contributed by atoms with van der Waals surface area (Å²) in [5.41, 5.74) is 0.680. The fraction of sp³-hybridized carbons (Fsp3) is 0.417. The average molecular weight is 249 g/mol. The topological polar surface area (TPSA) is 81.2 Å². The van der Waals surface area contributed by atoms with Gasteiger partial charge in [0.2, 0.25) is 0 Å². The van der Waals surface area contributed by atoms with E-state index in [1.54, 1.807) is 12.1 Å². The molecule has 0 amide bonds. The standard InChI is InChI=1S/C12H15N3O3/c1-8(2)6-7-13-12-14-11-9(15(16)17)4-3-5-10(11)18-12/h3-5,8H,6-7H2,1-2H3,(H,13,14). The van der Waals surface area contributed by atoms with Crippen LogP contribution in [0.3, 0.4) is 0 Å². The van der Waals surface area contributed by atoms with Gasteiger partial charge in [-0.25, -0.2) is 0 Å². The van der Waals surface area contributed by atoms with Crippen LogP contribution in [-0.2, 0) is 0 Å². The second-order valence-corrected chi connectivity index (χ2v) is 4.51. The molecule has 0 aliphatic carbocycles. The highest BCUT2D eigenvalue weighted by atomic mass is 16.6. The normalized spacial score (nSPS) is 11.1. The number of hydrogen-bond donors (Lipinski definition) is 1. The molecule has 1 N–H and O–H groups in total. The number of anilines is 1. The van der Waals surface area contributed by atoms with Crippen molar-refractivity contribution in [1.29, 1.82) is 0 Å². The molecule has 2 aromatic rings. The number of rotatable bonds is 5. The Hall–Kier alpha value is -2.11. The maximum Gasteiger partial charge on any atom is 0.298 e. The minimum Gasteiger partial charge on any atom is -0.423 e. The molecular formula is C12H15N3O3. The Bertz CT molecular complexity index is 563. The minimum absolute atomic E-state index is 0.0341. The molecule has 6 nitrogen and oxygen atoms in total. The van der Waals surface area contributed by atoms with Gasteiger partial charge < -0.3 is 9.73 Å². The molecule has 0 bridgehead atoms. The third-order valence-electron chi connectivity index (χ3n) is 2.59. The zero-order chi connectivity index (χ0) is 13.1. The van der Waals surface area contributed by atoms with E-state index in [4.69, 9.17) is 4.42 Å². The number of aromatic nitrogens is 1. The van der Waals surface area contributed by atoms with E-state index in [9.17, 15) is 10.1 Å². The number of nitrogens with one attached hydrogen (secondary N) is 1. The monoisotopic (exact) mass is 249 g/mol. The third kappa shape index (κ3) is 2.58. The van der Waals surface area contributed by atoms with Gasteiger partial charge in [0.25, 0.3) is 11.7 Å². The molecule has 0 unspecified atom stereocenters. The lowest BCUT2D eigenvalue weighted by Crippen LogP contribution is -2.04. The Kier molecular flexibility index (Phi) is 3.45. The summed E-state index contributed by atoms with van der Waals surface area (Å²) in [5.74, 6) is 0.580. The summed E-state index contributed by atoms with van der Waals surface area (Å²) in [7, 11) is 0. The zero-order valence-electron chi connectivity index (χ0n) is 10.3. The Morgan fingerprint density at radius 1 is 1.50 bits per heavy atom. The lowest BCUT2D eigenvalue weighted by Gasteiger charge is -2.03. The molecule has 0 saturated carbocycles. The van der Waals surface area contributed by atoms with Crippen LogP contribution in [0.2, 0.25) is 0 Å². The first-order valence-corrected chi connectivity index (χ1v) is 5.85. The van der Waals surface area contributed by atoms with Crippen molar-refractivity contribution < 1.29 is 9.34 Å². The smallest absolute Gasteiger partial charge is 0.298 e. The van der Waals surface area contributed by atoms with Crippen LogP contribution >= 0.6 is 0 Å². The summed E-state index contributed by atoms with van der Waals surface area (Å²) in [6, 6.07) is 5.01. The first-order valence-electron chi connectivity index (χ1n) is 5.85. The van der Waals surface area contributed by atoms with Crippen molar-refractivity contribution in [2.75, 3.05) is 11.9 Å². The predicted molar refractivity (Wildman–Crippen MR) is 68.6 cm³/mol. The first kappa shape index (κ1) is 12.3. The molecule has 0 radical (unpaired) electrons. The summed E-state index contributed by atoms with van der Waals surface area (Å²) in [5, 5.41) is 13.9. The van der Waals surface area contributed by atoms with Gasteiger partial charge in [0.1, 0.15) is 0 Å². The molecule has 0 saturated heterocycles. The third-order valence-corrected chi connectivity index (χ3v) is 2.59. The Morgan fingerprint density at radius 2 is 2.28 bits per heavy atom. The second-order valence-electron chi connectivity index (χ2n) is 4.51. The predicted octanol–water partition coefficient (Wildman–Crippen LogP) is 3.19. The Balaban J connectivity index is 2.22. The van der Waals surface area contributed by atoms with Crippen molar-refractivity contribution in [3.05, 3.63) is 28.3 Å². The van der Waals surface area contributed by atoms with E-state index < -0.39 is 4.92 Å². The highest BCUT2D eigenvalue weighted by molar-refractivity contribution is 5.83. The molecule has 2 rings (SSSR count). The Morgan fingerprint density at radius 3 is 2.94 bits per heavy atom. The molecule has 0 aliphatic rings. The van der Waals surface area contributed by atoms with Crippen molar-refractivity contribution in [2.24, 2.45) is 5.92 Å². The molecule has 6 heteroatoms. The number of non-ortho nitro benzene ring substituents is 1. The highest BCUT2D eigenvalue weighted by Gasteiger charge is 2.16. The van der Waals surface area contributed by atoms with Crippen molar-refractivity contribution in [1.82, 2.24) is 4.98 Å². The maximum atomic E-state index is 10.8. The van der Waals surface area contributed by atoms with E-state index in [1.165, 1.54) is 6.07 Å². The number of para-hydroxylation sites is 1. The van der Waals surface area contributed by atoms with Crippen LogP contribution in [0, 0.1) is 16.0 Å². The van der Waals surface area contributed by atoms with Gasteiger partial charge in [-0.1, -0.05) is 19.9 Å². The SMILES string of the molecule is CC(C)CCNc1nc2c([N+](=O)[O-])cccc2o1. The molecule has 18 heavy (non-hydrogen) atoms. The van der Waals surface area contributed by atoms with Crippen LogP contribution < -0.4 is 5.32 Å². The summed E-state index contributed by atoms with van der Waals surface area (Å²) in [4.78, 5) is 14.5. The fourth-order valence-electron chi connectivity index (χ4n) is 1.62. The quantitative estimate of drug-likeness (QED) is 0.650. The van der Waals surface area contributed by atoms with E-state index in [1.807, 2.05) is 0 Å². The molecule has 1 heterocycles. The van der Waals surface area contributed by atoms with Gasteiger partial charge in [-0.2, -0.15) is 4.98 Å². The second kappa shape index (κ2) is 5.03. The molecule has 0 fully saturated rings. The number of nitro benzene ring substituents is 1. The van der Waals surface area contributed by atoms with Gasteiger partial charge in [0, 0.05) is 12.6 Å². The van der Waals surface area contributed by atoms with Crippen molar-refractivity contribution in [3.8, 4) is 0 Å². The van der Waals surface area contributed by atoms with Crippen LogP contribution in [0.1, 0.15) is 20.3 Å². The van der Waals surface area contributed by atoms with Crippen LogP contribution in [0.5, 0.6) is 0 Å². The van der Waals surface area contributed by atoms with E-state index in [0.717, 1.165) is 13.0 Å². The minimum atomic E-state index is -0.456. The van der Waals surface area contributed by atoms with Crippen molar-refractivity contribution >= 4 is 22.8 Å². The number of hydrogen-bond acceptors (Lipinski definition) is 5. The maximum absolute atomic E-state index is 10.8. The van der Waals surface area contributed by atoms with Crippen LogP contribution in [-0.4, -0.2) is 16.5 Å². The molecule has 96 valence electrons. The lowest BCUT2D eigenvalue weighted by atomic mass is 10.1. The van der Waals surface area contributed by atoms with Gasteiger partial charge in [-0.3, -0.25) is 10.1 Å². The van der Waals surface area contributed by atoms with Crippen LogP contribution in [0.15, 0.2) is 22.6 Å². The molecule has 0 spiro atoms. The number of nitrogens with zero attached hydrogens (tertiary/aromatic N) is 2. The van der Waals surface area contributed by atoms with Gasteiger partial charge >= 0.3 is 0 Å². The Labute approximate surface area is 104 Å². The molecule has 0 aliphatic heterocycles. The van der Waals surface area contributed by atoms with Crippen LogP contribution in [0.25, 0.3) is 11.1 Å². The van der Waals surface area contributed by atoms with Crippen LogP contribution in [0.4, 0.5) is 11.7 Å². The zero-order valence-corrected chi connectivity index (χ0v) is 10.3. The fourth-order valence-corrected chi connectivity index (χ4v) is 1.62. The number of benzene rings is 1. The van der Waals surface area contributed by atoms with Gasteiger partial charge in [-0.05, 0) is 18.4 Å². The lowest BCUT2D eigenvalue weighted by molar-refractivity contribution is -0.383. The summed E-state index contributed by atoms with van der Waals surface area (Å²) in [6.45, 7) is 4.98.